The lowest BCUT2D eigenvalue weighted by Gasteiger charge is -2.33. The number of halogens is 1. The largest absolute Gasteiger partial charge is 0.508 e. The number of carbonyl (C=O) groups excluding carboxylic acids is 1. The summed E-state index contributed by atoms with van der Waals surface area (Å²) in [7, 11) is 1.83. The van der Waals surface area contributed by atoms with E-state index in [1.807, 2.05) is 18.1 Å². The number of phenols is 1. The van der Waals surface area contributed by atoms with Crippen LogP contribution in [0, 0.1) is 0 Å². The minimum atomic E-state index is 0.0468. The molecule has 0 bridgehead atoms. The van der Waals surface area contributed by atoms with Crippen molar-refractivity contribution >= 4 is 23.2 Å². The number of aromatic hydroxyl groups is 1. The van der Waals surface area contributed by atoms with Crippen molar-refractivity contribution < 1.29 is 9.90 Å². The van der Waals surface area contributed by atoms with Crippen molar-refractivity contribution in [1.82, 2.24) is 14.7 Å². The molecule has 0 aliphatic carbocycles. The Morgan fingerprint density at radius 1 is 1.32 bits per heavy atom. The molecule has 22 heavy (non-hydrogen) atoms. The highest BCUT2D eigenvalue weighted by atomic mass is 35.5. The second kappa shape index (κ2) is 5.98. The number of rotatable bonds is 3. The molecule has 0 radical (unpaired) electrons. The fourth-order valence-corrected chi connectivity index (χ4v) is 2.91. The number of aromatic nitrogens is 2. The summed E-state index contributed by atoms with van der Waals surface area (Å²) >= 11 is 5.94. The number of nitrogens with zero attached hydrogens (tertiary/aromatic N) is 4. The van der Waals surface area contributed by atoms with E-state index < -0.39 is 0 Å². The van der Waals surface area contributed by atoms with Gasteiger partial charge in [-0.05, 0) is 23.8 Å². The standard InChI is InChI=1S/C15H17ClN4O2/c1-18-9-13(7-17-18)20-3-2-19(10-15(20)22)8-11-4-12(16)6-14(21)5-11/h4-7,9,21H,2-3,8,10H2,1H3. The maximum Gasteiger partial charge on any atom is 0.241 e. The minimum absolute atomic E-state index is 0.0468. The summed E-state index contributed by atoms with van der Waals surface area (Å²) in [5, 5.41) is 14.2. The van der Waals surface area contributed by atoms with E-state index in [1.165, 1.54) is 6.07 Å². The van der Waals surface area contributed by atoms with Crippen molar-refractivity contribution in [2.45, 2.75) is 6.54 Å². The lowest BCUT2D eigenvalue weighted by molar-refractivity contribution is -0.121. The Morgan fingerprint density at radius 3 is 2.77 bits per heavy atom. The van der Waals surface area contributed by atoms with Crippen LogP contribution in [0.15, 0.2) is 30.6 Å². The summed E-state index contributed by atoms with van der Waals surface area (Å²) in [6.45, 7) is 2.30. The van der Waals surface area contributed by atoms with Gasteiger partial charge in [0.25, 0.3) is 0 Å². The Balaban J connectivity index is 1.66. The number of carbonyl (C=O) groups is 1. The fourth-order valence-electron chi connectivity index (χ4n) is 2.66. The van der Waals surface area contributed by atoms with E-state index in [4.69, 9.17) is 11.6 Å². The van der Waals surface area contributed by atoms with Crippen molar-refractivity contribution in [3.05, 3.63) is 41.2 Å². The molecular weight excluding hydrogens is 304 g/mol. The molecule has 1 aliphatic heterocycles. The normalized spacial score (nSPS) is 16.3. The molecular formula is C15H17ClN4O2. The SMILES string of the molecule is Cn1cc(N2CCN(Cc3cc(O)cc(Cl)c3)CC2=O)cn1. The summed E-state index contributed by atoms with van der Waals surface area (Å²) < 4.78 is 1.68. The Bertz CT molecular complexity index is 680. The van der Waals surface area contributed by atoms with Gasteiger partial charge in [-0.15, -0.1) is 0 Å². The fraction of sp³-hybridized carbons (Fsp3) is 0.333. The van der Waals surface area contributed by atoms with Crippen LogP contribution in [-0.4, -0.2) is 45.3 Å². The number of anilines is 1. The molecule has 2 aromatic rings. The van der Waals surface area contributed by atoms with Crippen molar-refractivity contribution in [2.24, 2.45) is 7.05 Å². The van der Waals surface area contributed by atoms with Gasteiger partial charge in [0.2, 0.25) is 5.91 Å². The third-order valence-corrected chi connectivity index (χ3v) is 3.87. The molecule has 2 heterocycles. The molecule has 0 atom stereocenters. The first-order chi connectivity index (χ1) is 10.5. The zero-order valence-corrected chi connectivity index (χ0v) is 13.0. The van der Waals surface area contributed by atoms with Gasteiger partial charge in [0.05, 0.1) is 18.4 Å². The predicted molar refractivity (Wildman–Crippen MR) is 84.0 cm³/mol. The third-order valence-electron chi connectivity index (χ3n) is 3.65. The molecule has 1 saturated heterocycles. The molecule has 0 saturated carbocycles. The van der Waals surface area contributed by atoms with E-state index in [0.717, 1.165) is 17.8 Å². The zero-order chi connectivity index (χ0) is 15.7. The van der Waals surface area contributed by atoms with Gasteiger partial charge in [-0.1, -0.05) is 11.6 Å². The van der Waals surface area contributed by atoms with Gasteiger partial charge in [-0.25, -0.2) is 0 Å². The molecule has 6 nitrogen and oxygen atoms in total. The van der Waals surface area contributed by atoms with Crippen LogP contribution in [0.2, 0.25) is 5.02 Å². The van der Waals surface area contributed by atoms with Gasteiger partial charge in [0, 0.05) is 37.9 Å². The Morgan fingerprint density at radius 2 is 2.14 bits per heavy atom. The van der Waals surface area contributed by atoms with Crippen molar-refractivity contribution in [3.8, 4) is 5.75 Å². The highest BCUT2D eigenvalue weighted by Gasteiger charge is 2.25. The summed E-state index contributed by atoms with van der Waals surface area (Å²) in [6.07, 6.45) is 3.53. The van der Waals surface area contributed by atoms with Gasteiger partial charge in [0.15, 0.2) is 0 Å². The van der Waals surface area contributed by atoms with Crippen LogP contribution >= 0.6 is 11.6 Å². The molecule has 1 aromatic heterocycles. The highest BCUT2D eigenvalue weighted by molar-refractivity contribution is 6.30. The maximum atomic E-state index is 12.3. The number of amides is 1. The monoisotopic (exact) mass is 320 g/mol. The van der Waals surface area contributed by atoms with E-state index in [9.17, 15) is 9.90 Å². The molecule has 7 heteroatoms. The first-order valence-electron chi connectivity index (χ1n) is 7.01. The molecule has 1 aliphatic rings. The van der Waals surface area contributed by atoms with Crippen LogP contribution in [0.1, 0.15) is 5.56 Å². The molecule has 1 N–H and O–H groups in total. The molecule has 0 unspecified atom stereocenters. The average Bonchev–Trinajstić information content (AvgIpc) is 2.84. The van der Waals surface area contributed by atoms with Crippen molar-refractivity contribution in [3.63, 3.8) is 0 Å². The number of hydrogen-bond acceptors (Lipinski definition) is 4. The molecule has 3 rings (SSSR count). The molecule has 1 fully saturated rings. The van der Waals surface area contributed by atoms with Crippen LogP contribution in [0.5, 0.6) is 5.75 Å². The smallest absolute Gasteiger partial charge is 0.241 e. The minimum Gasteiger partial charge on any atom is -0.508 e. The van der Waals surface area contributed by atoms with Gasteiger partial charge >= 0.3 is 0 Å². The second-order valence-electron chi connectivity index (χ2n) is 5.45. The number of phenolic OH excluding ortho intramolecular Hbond substituents is 1. The van der Waals surface area contributed by atoms with Crippen LogP contribution in [0.3, 0.4) is 0 Å². The lowest BCUT2D eigenvalue weighted by atomic mass is 10.2. The van der Waals surface area contributed by atoms with Crippen molar-refractivity contribution in [1.29, 1.82) is 0 Å². The second-order valence-corrected chi connectivity index (χ2v) is 5.88. The molecule has 116 valence electrons. The summed E-state index contributed by atoms with van der Waals surface area (Å²) in [6, 6.07) is 4.97. The van der Waals surface area contributed by atoms with Crippen LogP contribution in [0.25, 0.3) is 0 Å². The Kier molecular flexibility index (Phi) is 4.04. The number of aryl methyl sites for hydroxylation is 1. The van der Waals surface area contributed by atoms with Crippen LogP contribution in [0.4, 0.5) is 5.69 Å². The molecule has 1 amide bonds. The quantitative estimate of drug-likeness (QED) is 0.933. The van der Waals surface area contributed by atoms with Gasteiger partial charge in [0.1, 0.15) is 5.75 Å². The third kappa shape index (κ3) is 3.23. The maximum absolute atomic E-state index is 12.3. The van der Waals surface area contributed by atoms with E-state index in [0.29, 0.717) is 24.7 Å². The van der Waals surface area contributed by atoms with E-state index >= 15 is 0 Å². The number of hydrogen-bond donors (Lipinski definition) is 1. The zero-order valence-electron chi connectivity index (χ0n) is 12.2. The summed E-state index contributed by atoms with van der Waals surface area (Å²) in [4.78, 5) is 16.1. The predicted octanol–water partition coefficient (Wildman–Crippen LogP) is 1.63. The van der Waals surface area contributed by atoms with Gasteiger partial charge in [-0.2, -0.15) is 5.10 Å². The average molecular weight is 321 g/mol. The first-order valence-corrected chi connectivity index (χ1v) is 7.39. The number of benzene rings is 1. The van der Waals surface area contributed by atoms with Crippen LogP contribution < -0.4 is 4.90 Å². The van der Waals surface area contributed by atoms with Gasteiger partial charge < -0.3 is 10.0 Å². The van der Waals surface area contributed by atoms with Crippen molar-refractivity contribution in [2.75, 3.05) is 24.5 Å². The topological polar surface area (TPSA) is 61.6 Å². The van der Waals surface area contributed by atoms with E-state index in [-0.39, 0.29) is 11.7 Å². The summed E-state index contributed by atoms with van der Waals surface area (Å²) in [5.41, 5.74) is 1.72. The molecule has 0 spiro atoms. The Hall–Kier alpha value is -2.05. The lowest BCUT2D eigenvalue weighted by Crippen LogP contribution is -2.50. The Labute approximate surface area is 133 Å². The molecule has 1 aromatic carbocycles. The van der Waals surface area contributed by atoms with Crippen LogP contribution in [-0.2, 0) is 18.4 Å². The highest BCUT2D eigenvalue weighted by Crippen LogP contribution is 2.22. The van der Waals surface area contributed by atoms with E-state index in [2.05, 4.69) is 5.10 Å². The van der Waals surface area contributed by atoms with E-state index in [1.54, 1.807) is 27.9 Å². The van der Waals surface area contributed by atoms with Gasteiger partial charge in [-0.3, -0.25) is 14.4 Å². The first kappa shape index (κ1) is 14.9. The number of piperazine rings is 1. The summed E-state index contributed by atoms with van der Waals surface area (Å²) in [5.74, 6) is 0.188.